The van der Waals surface area contributed by atoms with Gasteiger partial charge in [0, 0.05) is 16.5 Å². The van der Waals surface area contributed by atoms with Crippen LogP contribution in [0.2, 0.25) is 0 Å². The van der Waals surface area contributed by atoms with Gasteiger partial charge >= 0.3 is 6.61 Å². The third-order valence-electron chi connectivity index (χ3n) is 2.53. The number of aromatic nitrogens is 3. The number of hydrogen-bond donors (Lipinski definition) is 1. The van der Waals surface area contributed by atoms with Crippen molar-refractivity contribution in [3.8, 4) is 5.75 Å². The fourth-order valence-corrected chi connectivity index (χ4v) is 2.19. The lowest BCUT2D eigenvalue weighted by Gasteiger charge is -2.08. The Morgan fingerprint density at radius 1 is 1.57 bits per heavy atom. The van der Waals surface area contributed by atoms with E-state index >= 15 is 0 Å². The number of rotatable bonds is 5. The Morgan fingerprint density at radius 2 is 2.33 bits per heavy atom. The quantitative estimate of drug-likeness (QED) is 0.638. The van der Waals surface area contributed by atoms with E-state index < -0.39 is 6.61 Å². The van der Waals surface area contributed by atoms with E-state index in [0.717, 1.165) is 4.47 Å². The number of ether oxygens (including phenoxy) is 1. The highest BCUT2D eigenvalue weighted by atomic mass is 79.9. The second-order valence-electron chi connectivity index (χ2n) is 3.92. The lowest BCUT2D eigenvalue weighted by Crippen LogP contribution is -2.05. The third kappa shape index (κ3) is 3.94. The summed E-state index contributed by atoms with van der Waals surface area (Å²) in [6, 6.07) is 4.67. The number of benzene rings is 1. The van der Waals surface area contributed by atoms with Crippen LogP contribution in [0.4, 0.5) is 8.78 Å². The summed E-state index contributed by atoms with van der Waals surface area (Å²) >= 11 is 8.33. The molecule has 2 aromatic rings. The number of aryl methyl sites for hydroxylation is 1. The molecule has 5 nitrogen and oxygen atoms in total. The number of alkyl halides is 2. The number of H-pyrrole nitrogens is 1. The smallest absolute Gasteiger partial charge is 0.387 e. The third-order valence-corrected chi connectivity index (χ3v) is 3.29. The predicted octanol–water partition coefficient (Wildman–Crippen LogP) is 3.75. The first-order valence-corrected chi connectivity index (χ1v) is 7.16. The summed E-state index contributed by atoms with van der Waals surface area (Å²) in [6.07, 6.45) is 2.02. The molecule has 112 valence electrons. The monoisotopic (exact) mass is 376 g/mol. The van der Waals surface area contributed by atoms with Crippen LogP contribution in [-0.4, -0.2) is 27.7 Å². The molecule has 0 bridgehead atoms. The van der Waals surface area contributed by atoms with E-state index in [1.165, 1.54) is 17.0 Å². The van der Waals surface area contributed by atoms with Crippen LogP contribution in [0, 0.1) is 4.77 Å². The lowest BCUT2D eigenvalue weighted by molar-refractivity contribution is -0.0499. The maximum absolute atomic E-state index is 12.4. The lowest BCUT2D eigenvalue weighted by atomic mass is 10.2. The Bertz CT molecular complexity index is 714. The van der Waals surface area contributed by atoms with Gasteiger partial charge in [0.15, 0.2) is 5.82 Å². The molecule has 0 saturated heterocycles. The van der Waals surface area contributed by atoms with Crippen molar-refractivity contribution < 1.29 is 13.5 Å². The molecule has 0 atom stereocenters. The van der Waals surface area contributed by atoms with Crippen LogP contribution in [0.25, 0.3) is 0 Å². The van der Waals surface area contributed by atoms with Crippen LogP contribution in [0.3, 0.4) is 0 Å². The predicted molar refractivity (Wildman–Crippen MR) is 80.6 cm³/mol. The average molecular weight is 377 g/mol. The molecule has 1 heterocycles. The molecular weight excluding hydrogens is 366 g/mol. The first-order chi connectivity index (χ1) is 10.0. The Labute approximate surface area is 132 Å². The van der Waals surface area contributed by atoms with Crippen molar-refractivity contribution in [1.82, 2.24) is 14.9 Å². The molecule has 21 heavy (non-hydrogen) atoms. The Kier molecular flexibility index (Phi) is 5.18. The summed E-state index contributed by atoms with van der Waals surface area (Å²) in [7, 11) is 0. The van der Waals surface area contributed by atoms with Crippen LogP contribution >= 0.6 is 28.1 Å². The maximum Gasteiger partial charge on any atom is 0.387 e. The molecule has 0 fully saturated rings. The average Bonchev–Trinajstić information content (AvgIpc) is 2.79. The van der Waals surface area contributed by atoms with Crippen molar-refractivity contribution in [3.63, 3.8) is 0 Å². The molecule has 1 N–H and O–H groups in total. The number of aromatic amines is 1. The standard InChI is InChI=1S/C12H11BrF2N4OS/c1-2-10-17-18-12(21)19(10)16-6-7-5-8(13)3-4-9(7)20-11(14)15/h3-6,11H,2H2,1H3,(H,18,21)/b16-6-. The van der Waals surface area contributed by atoms with Gasteiger partial charge in [0.1, 0.15) is 5.75 Å². The molecule has 1 aromatic heterocycles. The van der Waals surface area contributed by atoms with Crippen molar-refractivity contribution in [2.45, 2.75) is 20.0 Å². The highest BCUT2D eigenvalue weighted by Gasteiger charge is 2.09. The van der Waals surface area contributed by atoms with Crippen molar-refractivity contribution in [3.05, 3.63) is 38.8 Å². The molecule has 0 radical (unpaired) electrons. The van der Waals surface area contributed by atoms with Crippen LogP contribution in [0.5, 0.6) is 5.75 Å². The van der Waals surface area contributed by atoms with Crippen LogP contribution in [0.15, 0.2) is 27.8 Å². The second kappa shape index (κ2) is 6.90. The largest absolute Gasteiger partial charge is 0.434 e. The summed E-state index contributed by atoms with van der Waals surface area (Å²) in [4.78, 5) is 0. The van der Waals surface area contributed by atoms with Crippen molar-refractivity contribution in [1.29, 1.82) is 0 Å². The minimum atomic E-state index is -2.90. The molecule has 2 rings (SSSR count). The molecular formula is C12H11BrF2N4OS. The number of hydrogen-bond acceptors (Lipinski definition) is 4. The fourth-order valence-electron chi connectivity index (χ4n) is 1.62. The molecule has 0 aliphatic heterocycles. The first kappa shape index (κ1) is 15.8. The molecule has 0 spiro atoms. The van der Waals surface area contributed by atoms with Crippen molar-refractivity contribution >= 4 is 34.4 Å². The van der Waals surface area contributed by atoms with Crippen molar-refractivity contribution in [2.75, 3.05) is 0 Å². The van der Waals surface area contributed by atoms with Gasteiger partial charge in [-0.25, -0.2) is 0 Å². The van der Waals surface area contributed by atoms with E-state index in [2.05, 4.69) is 36.0 Å². The Morgan fingerprint density at radius 3 is 3.00 bits per heavy atom. The zero-order valence-electron chi connectivity index (χ0n) is 10.9. The van der Waals surface area contributed by atoms with Gasteiger partial charge in [-0.1, -0.05) is 22.9 Å². The summed E-state index contributed by atoms with van der Waals surface area (Å²) in [5.74, 6) is 0.674. The molecule has 9 heteroatoms. The topological polar surface area (TPSA) is 55.2 Å². The first-order valence-electron chi connectivity index (χ1n) is 5.96. The normalized spacial score (nSPS) is 11.5. The van der Waals surface area contributed by atoms with E-state index in [-0.39, 0.29) is 5.75 Å². The fraction of sp³-hybridized carbons (Fsp3) is 0.250. The molecule has 0 amide bonds. The molecule has 0 aliphatic carbocycles. The van der Waals surface area contributed by atoms with Crippen LogP contribution in [-0.2, 0) is 6.42 Å². The van der Waals surface area contributed by atoms with Gasteiger partial charge in [-0.3, -0.25) is 5.10 Å². The van der Waals surface area contributed by atoms with Gasteiger partial charge in [0.25, 0.3) is 0 Å². The van der Waals surface area contributed by atoms with E-state index in [9.17, 15) is 8.78 Å². The zero-order valence-corrected chi connectivity index (χ0v) is 13.3. The van der Waals surface area contributed by atoms with Crippen LogP contribution < -0.4 is 4.74 Å². The zero-order chi connectivity index (χ0) is 15.4. The number of nitrogens with one attached hydrogen (secondary N) is 1. The Balaban J connectivity index is 2.38. The SMILES string of the molecule is CCc1n[nH]c(=S)n1/N=C\c1cc(Br)ccc1OC(F)F. The summed E-state index contributed by atoms with van der Waals surface area (Å²) < 4.78 is 31.7. The molecule has 0 saturated carbocycles. The van der Waals surface area contributed by atoms with Gasteiger partial charge in [0.05, 0.1) is 6.21 Å². The number of nitrogens with zero attached hydrogens (tertiary/aromatic N) is 3. The van der Waals surface area contributed by atoms with E-state index in [1.807, 2.05) is 6.92 Å². The highest BCUT2D eigenvalue weighted by Crippen LogP contribution is 2.23. The summed E-state index contributed by atoms with van der Waals surface area (Å²) in [5, 5.41) is 10.8. The van der Waals surface area contributed by atoms with E-state index in [1.54, 1.807) is 12.1 Å². The molecule has 0 aliphatic rings. The maximum atomic E-state index is 12.4. The minimum absolute atomic E-state index is 0.0324. The number of halogens is 3. The molecule has 0 unspecified atom stereocenters. The minimum Gasteiger partial charge on any atom is -0.434 e. The van der Waals surface area contributed by atoms with E-state index in [4.69, 9.17) is 12.2 Å². The summed E-state index contributed by atoms with van der Waals surface area (Å²) in [6.45, 7) is -0.998. The molecule has 1 aromatic carbocycles. The second-order valence-corrected chi connectivity index (χ2v) is 5.22. The Hall–Kier alpha value is -1.61. The van der Waals surface area contributed by atoms with Gasteiger partial charge in [-0.2, -0.15) is 23.7 Å². The van der Waals surface area contributed by atoms with Crippen LogP contribution in [0.1, 0.15) is 18.3 Å². The van der Waals surface area contributed by atoms with Crippen molar-refractivity contribution in [2.24, 2.45) is 5.10 Å². The summed E-state index contributed by atoms with van der Waals surface area (Å²) in [5.41, 5.74) is 0.398. The van der Waals surface area contributed by atoms with Gasteiger partial charge < -0.3 is 4.74 Å². The highest BCUT2D eigenvalue weighted by molar-refractivity contribution is 9.10. The van der Waals surface area contributed by atoms with Gasteiger partial charge in [-0.15, -0.1) is 0 Å². The van der Waals surface area contributed by atoms with Gasteiger partial charge in [-0.05, 0) is 30.4 Å². The van der Waals surface area contributed by atoms with E-state index in [0.29, 0.717) is 22.6 Å². The van der Waals surface area contributed by atoms with Gasteiger partial charge in [0.2, 0.25) is 4.77 Å².